The summed E-state index contributed by atoms with van der Waals surface area (Å²) in [5.74, 6) is -0.344. The van der Waals surface area contributed by atoms with Crippen LogP contribution in [0, 0.1) is 0 Å². The zero-order valence-electron chi connectivity index (χ0n) is 14.7. The van der Waals surface area contributed by atoms with Crippen molar-refractivity contribution in [3.05, 3.63) is 52.2 Å². The Kier molecular flexibility index (Phi) is 6.51. The third-order valence-electron chi connectivity index (χ3n) is 4.29. The van der Waals surface area contributed by atoms with Crippen LogP contribution in [-0.4, -0.2) is 36.6 Å². The monoisotopic (exact) mass is 398 g/mol. The van der Waals surface area contributed by atoms with Crippen molar-refractivity contribution in [3.8, 4) is 0 Å². The molecular formula is C19H21F3N2O2S. The SMILES string of the molecule is O=C(CN(Cc1cccs1)C[C@@H]1CCCO1)Nc1cccc(C(F)(F)F)c1. The number of carbonyl (C=O) groups is 1. The van der Waals surface area contributed by atoms with Crippen LogP contribution in [0.1, 0.15) is 23.3 Å². The molecular weight excluding hydrogens is 377 g/mol. The number of anilines is 1. The average Bonchev–Trinajstić information content (AvgIpc) is 3.28. The summed E-state index contributed by atoms with van der Waals surface area (Å²) < 4.78 is 44.1. The Morgan fingerprint density at radius 1 is 1.30 bits per heavy atom. The maximum Gasteiger partial charge on any atom is 0.416 e. The average molecular weight is 398 g/mol. The first-order chi connectivity index (χ1) is 12.9. The molecule has 1 amide bonds. The van der Waals surface area contributed by atoms with Crippen LogP contribution in [0.25, 0.3) is 0 Å². The Hall–Kier alpha value is -1.90. The number of amides is 1. The van der Waals surface area contributed by atoms with E-state index < -0.39 is 11.7 Å². The number of hydrogen-bond acceptors (Lipinski definition) is 4. The van der Waals surface area contributed by atoms with Gasteiger partial charge in [0.1, 0.15) is 0 Å². The molecule has 27 heavy (non-hydrogen) atoms. The van der Waals surface area contributed by atoms with E-state index in [4.69, 9.17) is 4.74 Å². The fraction of sp³-hybridized carbons (Fsp3) is 0.421. The Morgan fingerprint density at radius 2 is 2.15 bits per heavy atom. The summed E-state index contributed by atoms with van der Waals surface area (Å²) in [6.07, 6.45) is -2.39. The molecule has 1 aliphatic rings. The number of nitrogens with zero attached hydrogens (tertiary/aromatic N) is 1. The van der Waals surface area contributed by atoms with Crippen LogP contribution in [-0.2, 0) is 22.3 Å². The number of ether oxygens (including phenoxy) is 1. The molecule has 146 valence electrons. The minimum atomic E-state index is -4.44. The number of benzene rings is 1. The molecule has 4 nitrogen and oxygen atoms in total. The minimum absolute atomic E-state index is 0.0892. The molecule has 2 aromatic rings. The third-order valence-corrected chi connectivity index (χ3v) is 5.15. The summed E-state index contributed by atoms with van der Waals surface area (Å²) in [7, 11) is 0. The quantitative estimate of drug-likeness (QED) is 0.752. The van der Waals surface area contributed by atoms with E-state index in [1.807, 2.05) is 22.4 Å². The zero-order chi connectivity index (χ0) is 19.3. The van der Waals surface area contributed by atoms with Gasteiger partial charge in [-0.1, -0.05) is 12.1 Å². The van der Waals surface area contributed by atoms with Gasteiger partial charge >= 0.3 is 6.18 Å². The topological polar surface area (TPSA) is 41.6 Å². The van der Waals surface area contributed by atoms with Gasteiger partial charge in [-0.25, -0.2) is 0 Å². The van der Waals surface area contributed by atoms with Crippen molar-refractivity contribution >= 4 is 22.9 Å². The molecule has 1 aliphatic heterocycles. The molecule has 0 saturated carbocycles. The van der Waals surface area contributed by atoms with Crippen molar-refractivity contribution in [1.29, 1.82) is 0 Å². The second kappa shape index (κ2) is 8.86. The Bertz CT molecular complexity index is 744. The Morgan fingerprint density at radius 3 is 2.81 bits per heavy atom. The number of nitrogens with one attached hydrogen (secondary N) is 1. The highest BCUT2D eigenvalue weighted by molar-refractivity contribution is 7.09. The molecule has 0 unspecified atom stereocenters. The number of thiophene rings is 1. The molecule has 1 aromatic heterocycles. The van der Waals surface area contributed by atoms with Crippen molar-refractivity contribution in [2.24, 2.45) is 0 Å². The van der Waals surface area contributed by atoms with Gasteiger partial charge in [0, 0.05) is 30.3 Å². The standard InChI is InChI=1S/C19H21F3N2O2S/c20-19(21,22)14-4-1-5-15(10-14)23-18(25)13-24(11-16-6-2-8-26-16)12-17-7-3-9-27-17/h1,3-5,7,9-10,16H,2,6,8,11-13H2,(H,23,25)/t16-/m0/s1. The van der Waals surface area contributed by atoms with Crippen molar-refractivity contribution in [2.45, 2.75) is 31.7 Å². The van der Waals surface area contributed by atoms with E-state index in [9.17, 15) is 18.0 Å². The highest BCUT2D eigenvalue weighted by Gasteiger charge is 2.30. The van der Waals surface area contributed by atoms with E-state index in [1.165, 1.54) is 12.1 Å². The largest absolute Gasteiger partial charge is 0.416 e. The molecule has 0 radical (unpaired) electrons. The van der Waals surface area contributed by atoms with Crippen LogP contribution in [0.3, 0.4) is 0 Å². The maximum atomic E-state index is 12.8. The van der Waals surface area contributed by atoms with Gasteiger partial charge in [-0.2, -0.15) is 13.2 Å². The van der Waals surface area contributed by atoms with Crippen molar-refractivity contribution in [2.75, 3.05) is 25.0 Å². The predicted octanol–water partition coefficient (Wildman–Crippen LogP) is 4.39. The molecule has 0 bridgehead atoms. The molecule has 0 aliphatic carbocycles. The lowest BCUT2D eigenvalue weighted by Gasteiger charge is -2.24. The minimum Gasteiger partial charge on any atom is -0.377 e. The first-order valence-electron chi connectivity index (χ1n) is 8.73. The molecule has 1 saturated heterocycles. The summed E-state index contributed by atoms with van der Waals surface area (Å²) in [5, 5.41) is 4.55. The fourth-order valence-corrected chi connectivity index (χ4v) is 3.81. The van der Waals surface area contributed by atoms with E-state index in [-0.39, 0.29) is 24.2 Å². The second-order valence-electron chi connectivity index (χ2n) is 6.51. The predicted molar refractivity (Wildman–Crippen MR) is 98.6 cm³/mol. The number of hydrogen-bond donors (Lipinski definition) is 1. The molecule has 3 rings (SSSR count). The molecule has 8 heteroatoms. The van der Waals surface area contributed by atoms with Crippen LogP contribution < -0.4 is 5.32 Å². The lowest BCUT2D eigenvalue weighted by molar-refractivity contribution is -0.137. The summed E-state index contributed by atoms with van der Waals surface area (Å²) in [6, 6.07) is 8.62. The van der Waals surface area contributed by atoms with E-state index in [0.29, 0.717) is 13.1 Å². The van der Waals surface area contributed by atoms with Gasteiger partial charge in [0.15, 0.2) is 0 Å². The second-order valence-corrected chi connectivity index (χ2v) is 7.54. The number of carbonyl (C=O) groups excluding carboxylic acids is 1. The molecule has 2 heterocycles. The van der Waals surface area contributed by atoms with Gasteiger partial charge in [0.05, 0.1) is 18.2 Å². The summed E-state index contributed by atoms with van der Waals surface area (Å²) in [4.78, 5) is 15.5. The van der Waals surface area contributed by atoms with E-state index in [2.05, 4.69) is 5.32 Å². The first kappa shape index (κ1) is 19.9. The van der Waals surface area contributed by atoms with Gasteiger partial charge in [0.25, 0.3) is 0 Å². The van der Waals surface area contributed by atoms with Crippen molar-refractivity contribution < 1.29 is 22.7 Å². The van der Waals surface area contributed by atoms with Crippen LogP contribution in [0.4, 0.5) is 18.9 Å². The Balaban J connectivity index is 1.62. The van der Waals surface area contributed by atoms with Gasteiger partial charge in [-0.15, -0.1) is 11.3 Å². The highest BCUT2D eigenvalue weighted by Crippen LogP contribution is 2.30. The van der Waals surface area contributed by atoms with E-state index >= 15 is 0 Å². The number of alkyl halides is 3. The summed E-state index contributed by atoms with van der Waals surface area (Å²) in [6.45, 7) is 2.05. The molecule has 0 spiro atoms. The van der Waals surface area contributed by atoms with Gasteiger partial charge < -0.3 is 10.1 Å². The van der Waals surface area contributed by atoms with Crippen molar-refractivity contribution in [1.82, 2.24) is 4.90 Å². The van der Waals surface area contributed by atoms with Crippen LogP contribution >= 0.6 is 11.3 Å². The normalized spacial score (nSPS) is 17.4. The number of halogens is 3. The lowest BCUT2D eigenvalue weighted by Crippen LogP contribution is -2.37. The lowest BCUT2D eigenvalue weighted by atomic mass is 10.2. The maximum absolute atomic E-state index is 12.8. The fourth-order valence-electron chi connectivity index (χ4n) is 3.06. The third kappa shape index (κ3) is 6.05. The summed E-state index contributed by atoms with van der Waals surface area (Å²) >= 11 is 1.61. The zero-order valence-corrected chi connectivity index (χ0v) is 15.5. The highest BCUT2D eigenvalue weighted by atomic mass is 32.1. The van der Waals surface area contributed by atoms with Crippen LogP contribution in [0.5, 0.6) is 0 Å². The first-order valence-corrected chi connectivity index (χ1v) is 9.61. The van der Waals surface area contributed by atoms with E-state index in [1.54, 1.807) is 11.3 Å². The molecule has 1 atom stereocenters. The van der Waals surface area contributed by atoms with Gasteiger partial charge in [0.2, 0.25) is 5.91 Å². The molecule has 1 fully saturated rings. The van der Waals surface area contributed by atoms with E-state index in [0.717, 1.165) is 36.5 Å². The van der Waals surface area contributed by atoms with Crippen LogP contribution in [0.2, 0.25) is 0 Å². The number of rotatable bonds is 7. The smallest absolute Gasteiger partial charge is 0.377 e. The molecule has 1 aromatic carbocycles. The summed E-state index contributed by atoms with van der Waals surface area (Å²) in [5.41, 5.74) is -0.641. The van der Waals surface area contributed by atoms with Crippen LogP contribution in [0.15, 0.2) is 41.8 Å². The Labute approximate surface area is 159 Å². The van der Waals surface area contributed by atoms with Gasteiger partial charge in [-0.3, -0.25) is 9.69 Å². The molecule has 1 N–H and O–H groups in total. The van der Waals surface area contributed by atoms with Gasteiger partial charge in [-0.05, 0) is 42.5 Å². The van der Waals surface area contributed by atoms with Crippen molar-refractivity contribution in [3.63, 3.8) is 0 Å².